The summed E-state index contributed by atoms with van der Waals surface area (Å²) in [6.07, 6.45) is -1.43. The zero-order chi connectivity index (χ0) is 45.2. The Hall–Kier alpha value is -5.33. The van der Waals surface area contributed by atoms with Gasteiger partial charge in [0.05, 0.1) is 47.0 Å². The van der Waals surface area contributed by atoms with Gasteiger partial charge in [0.25, 0.3) is 20.2 Å². The summed E-state index contributed by atoms with van der Waals surface area (Å²) in [6.45, 7) is -0.422. The molecule has 0 saturated carbocycles. The summed E-state index contributed by atoms with van der Waals surface area (Å²) in [6, 6.07) is 10.7. The van der Waals surface area contributed by atoms with Crippen molar-refractivity contribution in [2.75, 3.05) is 36.0 Å². The fraction of sp³-hybridized carbons (Fsp3) is 0.133. The van der Waals surface area contributed by atoms with Crippen LogP contribution in [-0.2, 0) is 53.0 Å². The average Bonchev–Trinajstić information content (AvgIpc) is 3.19. The molecule has 0 bridgehead atoms. The molecule has 0 aliphatic carbocycles. The largest absolute Gasteiger partial charge is 0.505 e. The van der Waals surface area contributed by atoms with Crippen LogP contribution in [0.3, 0.4) is 0 Å². The van der Waals surface area contributed by atoms with E-state index in [1.807, 2.05) is 0 Å². The number of benzene rings is 4. The first-order chi connectivity index (χ1) is 29.3. The van der Waals surface area contributed by atoms with Crippen molar-refractivity contribution in [2.45, 2.75) is 14.7 Å². The molecule has 62 heavy (non-hydrogen) atoms. The van der Waals surface area contributed by atoms with E-state index in [2.05, 4.69) is 59.8 Å². The van der Waals surface area contributed by atoms with Crippen LogP contribution >= 0.6 is 24.4 Å². The molecule has 25 nitrogen and oxygen atoms in total. The molecular formula is C30H26F2N8O17S5. The molecule has 0 fully saturated rings. The van der Waals surface area contributed by atoms with Gasteiger partial charge in [0.1, 0.15) is 45.1 Å². The van der Waals surface area contributed by atoms with Gasteiger partial charge in [-0.2, -0.15) is 35.6 Å². The monoisotopic (exact) mass is 968 g/mol. The summed E-state index contributed by atoms with van der Waals surface area (Å²) in [4.78, 5) is 4.84. The van der Waals surface area contributed by atoms with Gasteiger partial charge in [0.2, 0.25) is 5.95 Å². The SMILES string of the molecule is COc1ccc(S(=O)(=O)CCOSOOO)cc1/N=N/c1c(NCS(=O)(=O)O)ccc2c(O)c(/N=N/c3cc(Nc4cc(F)nc(F)n4)ccc3S(=O)(=O)O)c(SOOO)cc12. The van der Waals surface area contributed by atoms with E-state index in [1.54, 1.807) is 0 Å². The number of phenolic OH excluding ortho intramolecular Hbond substituents is 1. The van der Waals surface area contributed by atoms with Crippen molar-refractivity contribution in [3.63, 3.8) is 0 Å². The molecule has 4 aromatic carbocycles. The second-order valence-corrected chi connectivity index (χ2v) is 17.7. The second-order valence-electron chi connectivity index (χ2n) is 11.5. The second kappa shape index (κ2) is 20.7. The molecule has 0 atom stereocenters. The molecule has 0 amide bonds. The highest BCUT2D eigenvalue weighted by Crippen LogP contribution is 2.49. The van der Waals surface area contributed by atoms with E-state index in [9.17, 15) is 48.2 Å². The van der Waals surface area contributed by atoms with Crippen LogP contribution in [0.25, 0.3) is 10.8 Å². The summed E-state index contributed by atoms with van der Waals surface area (Å²) in [5, 5.41) is 56.6. The van der Waals surface area contributed by atoms with E-state index in [0.29, 0.717) is 6.07 Å². The maximum Gasteiger partial charge on any atom is 0.313 e. The number of aromatic hydroxyl groups is 1. The van der Waals surface area contributed by atoms with Gasteiger partial charge in [0, 0.05) is 22.5 Å². The summed E-state index contributed by atoms with van der Waals surface area (Å²) < 4.78 is 139. The van der Waals surface area contributed by atoms with E-state index in [-0.39, 0.29) is 73.4 Å². The van der Waals surface area contributed by atoms with Crippen LogP contribution < -0.4 is 15.4 Å². The number of anilines is 3. The van der Waals surface area contributed by atoms with Crippen LogP contribution in [0.4, 0.5) is 48.7 Å². The summed E-state index contributed by atoms with van der Waals surface area (Å²) in [5.41, 5.74) is -1.82. The Labute approximate surface area is 355 Å². The maximum absolute atomic E-state index is 13.7. The van der Waals surface area contributed by atoms with Crippen molar-refractivity contribution in [1.82, 2.24) is 9.97 Å². The van der Waals surface area contributed by atoms with E-state index in [4.69, 9.17) is 19.4 Å². The minimum absolute atomic E-state index is 0.00383. The number of nitrogens with one attached hydrogen (secondary N) is 2. The quantitative estimate of drug-likeness (QED) is 0.00574. The summed E-state index contributed by atoms with van der Waals surface area (Å²) in [5.74, 6) is -4.07. The number of rotatable bonds is 21. The first kappa shape index (κ1) is 47.7. The van der Waals surface area contributed by atoms with Gasteiger partial charge in [-0.25, -0.2) is 18.9 Å². The molecule has 332 valence electrons. The minimum atomic E-state index is -5.02. The van der Waals surface area contributed by atoms with Crippen LogP contribution in [0, 0.1) is 12.0 Å². The molecule has 5 rings (SSSR count). The zero-order valence-electron chi connectivity index (χ0n) is 30.5. The van der Waals surface area contributed by atoms with Crippen molar-refractivity contribution in [2.24, 2.45) is 20.5 Å². The van der Waals surface area contributed by atoms with Crippen LogP contribution in [0.2, 0.25) is 0 Å². The molecule has 0 radical (unpaired) electrons. The predicted octanol–water partition coefficient (Wildman–Crippen LogP) is 6.90. The number of ether oxygens (including phenoxy) is 1. The van der Waals surface area contributed by atoms with Crippen molar-refractivity contribution >= 4 is 105 Å². The highest BCUT2D eigenvalue weighted by atomic mass is 32.2. The molecule has 0 unspecified atom stereocenters. The third-order valence-electron chi connectivity index (χ3n) is 7.55. The lowest BCUT2D eigenvalue weighted by Gasteiger charge is -2.14. The standard InChI is InChI=1S/C30H26F2N8O17S5/c1-52-22-6-3-16(60(44,45)9-8-53-59-57-55-43)11-20(22)37-39-27-18-12-23(58-56-54-42)28(29(41)17(18)4-5-19(27)33-14-61(46,47)48)40-38-21-10-15(2-7-24(21)62(49,50)51)34-26-13-25(31)35-30(32)36-26/h2-7,10-13,33,41-43H,8-9,14H2,1H3,(H,34,35,36)(H,46,47,48)(H,49,50,51)/b39-37+,40-38+. The number of nitrogens with zero attached hydrogens (tertiary/aromatic N) is 6. The number of methoxy groups -OCH3 is 1. The first-order valence-corrected chi connectivity index (χ1v) is 22.2. The number of phenols is 1. The zero-order valence-corrected chi connectivity index (χ0v) is 34.6. The van der Waals surface area contributed by atoms with Gasteiger partial charge in [-0.15, -0.1) is 29.1 Å². The van der Waals surface area contributed by atoms with Crippen LogP contribution in [0.15, 0.2) is 95.8 Å². The lowest BCUT2D eigenvalue weighted by Crippen LogP contribution is -2.13. The van der Waals surface area contributed by atoms with Crippen LogP contribution in [-0.4, -0.2) is 85.3 Å². The number of azo groups is 2. The number of aromatic nitrogens is 2. The minimum Gasteiger partial charge on any atom is -0.505 e. The van der Waals surface area contributed by atoms with Gasteiger partial charge in [-0.1, -0.05) is 10.1 Å². The molecule has 1 heterocycles. The number of hydrogen-bond acceptors (Lipinski definition) is 25. The third kappa shape index (κ3) is 12.6. The average molecular weight is 969 g/mol. The van der Waals surface area contributed by atoms with Gasteiger partial charge >= 0.3 is 6.08 Å². The Kier molecular flexibility index (Phi) is 15.9. The third-order valence-corrected chi connectivity index (χ3v) is 11.6. The van der Waals surface area contributed by atoms with Gasteiger partial charge < -0.3 is 20.5 Å². The van der Waals surface area contributed by atoms with Crippen molar-refractivity contribution < 1.29 is 86.4 Å². The van der Waals surface area contributed by atoms with Crippen molar-refractivity contribution in [3.8, 4) is 11.5 Å². The van der Waals surface area contributed by atoms with Crippen LogP contribution in [0.5, 0.6) is 11.5 Å². The van der Waals surface area contributed by atoms with E-state index >= 15 is 0 Å². The summed E-state index contributed by atoms with van der Waals surface area (Å²) in [7, 11) is -12.5. The van der Waals surface area contributed by atoms with Crippen molar-refractivity contribution in [1.29, 1.82) is 0 Å². The molecule has 0 aliphatic heterocycles. The number of fused-ring (bicyclic) bond motifs is 1. The maximum atomic E-state index is 13.7. The Bertz CT molecular complexity index is 2840. The Morgan fingerprint density at radius 1 is 0.806 bits per heavy atom. The van der Waals surface area contributed by atoms with Crippen molar-refractivity contribution in [3.05, 3.63) is 72.7 Å². The van der Waals surface area contributed by atoms with E-state index in [0.717, 1.165) is 24.3 Å². The van der Waals surface area contributed by atoms with Gasteiger partial charge in [0.15, 0.2) is 27.9 Å². The Morgan fingerprint density at radius 3 is 2.21 bits per heavy atom. The molecule has 7 N–H and O–H groups in total. The van der Waals surface area contributed by atoms with Crippen LogP contribution in [0.1, 0.15) is 0 Å². The predicted molar refractivity (Wildman–Crippen MR) is 210 cm³/mol. The molecular weight excluding hydrogens is 943 g/mol. The summed E-state index contributed by atoms with van der Waals surface area (Å²) >= 11 is 0.351. The molecule has 0 spiro atoms. The Morgan fingerprint density at radius 2 is 1.53 bits per heavy atom. The normalized spacial score (nSPS) is 12.4. The molecule has 5 aromatic rings. The van der Waals surface area contributed by atoms with Gasteiger partial charge in [-0.05, 0) is 54.6 Å². The number of hydrogen-bond donors (Lipinski definition) is 7. The topological polar surface area (TPSA) is 358 Å². The highest BCUT2D eigenvalue weighted by Gasteiger charge is 2.23. The van der Waals surface area contributed by atoms with E-state index in [1.165, 1.54) is 37.4 Å². The Balaban J connectivity index is 1.64. The molecule has 0 aliphatic rings. The first-order valence-electron chi connectivity index (χ1n) is 16.1. The molecule has 32 heteroatoms. The smallest absolute Gasteiger partial charge is 0.313 e. The fourth-order valence-corrected chi connectivity index (χ4v) is 7.86. The lowest BCUT2D eigenvalue weighted by molar-refractivity contribution is -0.434. The van der Waals surface area contributed by atoms with E-state index < -0.39 is 88.2 Å². The van der Waals surface area contributed by atoms with Gasteiger partial charge in [-0.3, -0.25) is 13.3 Å². The highest BCUT2D eigenvalue weighted by molar-refractivity contribution is 7.94. The number of halogens is 2. The molecule has 0 saturated heterocycles. The fourth-order valence-electron chi connectivity index (χ4n) is 5.01. The lowest BCUT2D eigenvalue weighted by atomic mass is 10.1. The molecule has 1 aromatic heterocycles. The number of sulfone groups is 1.